The number of ketones is 1. The molecule has 0 spiro atoms. The Hall–Kier alpha value is -4.10. The standard InChI is InChI=1S/C28H27N3O4/c1-19-9-11-22(12-10-19)25(32)26-30-23-17-29-14-13-24(23)31(26)15-5-8-20-6-4-7-21(16-20)18-35-28(2,3)27(33)34/h4-14,16-17H,15,18H2,1-3H3,(H,33,34). The van der Waals surface area contributed by atoms with Crippen LogP contribution in [0.4, 0.5) is 0 Å². The number of hydrogen-bond acceptors (Lipinski definition) is 5. The molecule has 4 rings (SSSR count). The average Bonchev–Trinajstić information content (AvgIpc) is 3.22. The first-order valence-electron chi connectivity index (χ1n) is 11.3. The lowest BCUT2D eigenvalue weighted by Gasteiger charge is -2.20. The summed E-state index contributed by atoms with van der Waals surface area (Å²) in [5.74, 6) is -0.790. The minimum Gasteiger partial charge on any atom is -0.479 e. The van der Waals surface area contributed by atoms with Crippen molar-refractivity contribution in [3.05, 3.63) is 101 Å². The molecule has 0 saturated carbocycles. The van der Waals surface area contributed by atoms with Gasteiger partial charge in [0.05, 0.1) is 18.3 Å². The van der Waals surface area contributed by atoms with Crippen molar-refractivity contribution >= 4 is 28.9 Å². The highest BCUT2D eigenvalue weighted by Gasteiger charge is 2.27. The van der Waals surface area contributed by atoms with Crippen LogP contribution in [-0.2, 0) is 22.7 Å². The van der Waals surface area contributed by atoms with E-state index in [1.165, 1.54) is 13.8 Å². The number of aromatic nitrogens is 3. The summed E-state index contributed by atoms with van der Waals surface area (Å²) in [6, 6.07) is 17.0. The largest absolute Gasteiger partial charge is 0.479 e. The van der Waals surface area contributed by atoms with Crippen molar-refractivity contribution in [3.63, 3.8) is 0 Å². The van der Waals surface area contributed by atoms with Gasteiger partial charge in [-0.1, -0.05) is 60.2 Å². The van der Waals surface area contributed by atoms with Crippen LogP contribution in [0.15, 0.2) is 73.1 Å². The number of pyridine rings is 1. The molecule has 178 valence electrons. The van der Waals surface area contributed by atoms with Crippen molar-refractivity contribution in [2.24, 2.45) is 0 Å². The molecule has 0 aliphatic rings. The van der Waals surface area contributed by atoms with E-state index in [2.05, 4.69) is 9.97 Å². The van der Waals surface area contributed by atoms with Crippen LogP contribution in [0.2, 0.25) is 0 Å². The van der Waals surface area contributed by atoms with E-state index in [9.17, 15) is 14.7 Å². The summed E-state index contributed by atoms with van der Waals surface area (Å²) in [6.45, 7) is 5.67. The van der Waals surface area contributed by atoms with Crippen LogP contribution in [0.5, 0.6) is 0 Å². The van der Waals surface area contributed by atoms with Gasteiger partial charge in [-0.25, -0.2) is 9.78 Å². The van der Waals surface area contributed by atoms with Gasteiger partial charge < -0.3 is 14.4 Å². The van der Waals surface area contributed by atoms with Crippen molar-refractivity contribution in [2.75, 3.05) is 0 Å². The summed E-state index contributed by atoms with van der Waals surface area (Å²) in [6.07, 6.45) is 7.27. The summed E-state index contributed by atoms with van der Waals surface area (Å²) < 4.78 is 7.44. The molecule has 2 aromatic heterocycles. The third kappa shape index (κ3) is 5.53. The minimum atomic E-state index is -1.26. The van der Waals surface area contributed by atoms with E-state index >= 15 is 0 Å². The van der Waals surface area contributed by atoms with E-state index in [1.54, 1.807) is 12.4 Å². The van der Waals surface area contributed by atoms with E-state index in [-0.39, 0.29) is 12.4 Å². The zero-order valence-corrected chi connectivity index (χ0v) is 19.9. The molecule has 0 atom stereocenters. The summed E-state index contributed by atoms with van der Waals surface area (Å²) in [5.41, 5.74) is 3.72. The Balaban J connectivity index is 1.56. The normalized spacial score (nSPS) is 11.9. The number of nitrogens with zero attached hydrogens (tertiary/aromatic N) is 3. The third-order valence-corrected chi connectivity index (χ3v) is 5.73. The number of imidazole rings is 1. The lowest BCUT2D eigenvalue weighted by Crippen LogP contribution is -2.34. The number of ether oxygens (including phenoxy) is 1. The van der Waals surface area contributed by atoms with Gasteiger partial charge in [0.15, 0.2) is 11.4 Å². The van der Waals surface area contributed by atoms with E-state index in [0.717, 1.165) is 22.2 Å². The van der Waals surface area contributed by atoms with Crippen molar-refractivity contribution in [2.45, 2.75) is 39.5 Å². The first-order valence-corrected chi connectivity index (χ1v) is 11.3. The Morgan fingerprint density at radius 1 is 1.11 bits per heavy atom. The van der Waals surface area contributed by atoms with Gasteiger partial charge in [-0.3, -0.25) is 9.78 Å². The Morgan fingerprint density at radius 2 is 1.89 bits per heavy atom. The molecule has 2 heterocycles. The predicted octanol–water partition coefficient (Wildman–Crippen LogP) is 5.06. The van der Waals surface area contributed by atoms with Crippen LogP contribution in [0, 0.1) is 6.92 Å². The predicted molar refractivity (Wildman–Crippen MR) is 134 cm³/mol. The number of aliphatic carboxylic acids is 1. The second kappa shape index (κ2) is 10.0. The molecule has 35 heavy (non-hydrogen) atoms. The molecule has 7 nitrogen and oxygen atoms in total. The van der Waals surface area contributed by atoms with E-state index in [1.807, 2.05) is 78.2 Å². The first-order chi connectivity index (χ1) is 16.7. The van der Waals surface area contributed by atoms with Crippen LogP contribution in [0.1, 0.15) is 46.7 Å². The highest BCUT2D eigenvalue weighted by molar-refractivity contribution is 6.08. The van der Waals surface area contributed by atoms with Gasteiger partial charge in [-0.05, 0) is 44.0 Å². The average molecular weight is 470 g/mol. The zero-order chi connectivity index (χ0) is 25.0. The number of carbonyl (C=O) groups is 2. The molecule has 0 unspecified atom stereocenters. The number of fused-ring (bicyclic) bond motifs is 1. The molecular weight excluding hydrogens is 442 g/mol. The number of allylic oxidation sites excluding steroid dienone is 1. The van der Waals surface area contributed by atoms with Crippen molar-refractivity contribution in [3.8, 4) is 0 Å². The van der Waals surface area contributed by atoms with Gasteiger partial charge >= 0.3 is 5.97 Å². The van der Waals surface area contributed by atoms with E-state index < -0.39 is 11.6 Å². The van der Waals surface area contributed by atoms with Gasteiger partial charge in [-0.15, -0.1) is 0 Å². The highest BCUT2D eigenvalue weighted by Crippen LogP contribution is 2.19. The van der Waals surface area contributed by atoms with Gasteiger partial charge in [0, 0.05) is 18.3 Å². The smallest absolute Gasteiger partial charge is 0.335 e. The summed E-state index contributed by atoms with van der Waals surface area (Å²) in [4.78, 5) is 33.2. The molecule has 7 heteroatoms. The number of carbonyl (C=O) groups excluding carboxylic acids is 1. The quantitative estimate of drug-likeness (QED) is 0.344. The number of carboxylic acids is 1. The fraction of sp³-hybridized carbons (Fsp3) is 0.214. The molecule has 0 bridgehead atoms. The lowest BCUT2D eigenvalue weighted by molar-refractivity contribution is -0.162. The second-order valence-corrected chi connectivity index (χ2v) is 8.86. The summed E-state index contributed by atoms with van der Waals surface area (Å²) in [7, 11) is 0. The molecule has 2 aromatic carbocycles. The van der Waals surface area contributed by atoms with Crippen LogP contribution in [0.3, 0.4) is 0 Å². The molecule has 0 amide bonds. The minimum absolute atomic E-state index is 0.144. The lowest BCUT2D eigenvalue weighted by atomic mass is 10.1. The van der Waals surface area contributed by atoms with Crippen molar-refractivity contribution in [1.29, 1.82) is 0 Å². The van der Waals surface area contributed by atoms with Gasteiger partial charge in [-0.2, -0.15) is 0 Å². The van der Waals surface area contributed by atoms with Crippen LogP contribution in [0.25, 0.3) is 17.1 Å². The Labute approximate surface area is 203 Å². The number of carboxylic acid groups (broad SMARTS) is 1. The number of rotatable bonds is 9. The molecule has 0 saturated heterocycles. The van der Waals surface area contributed by atoms with Gasteiger partial charge in [0.25, 0.3) is 0 Å². The fourth-order valence-electron chi connectivity index (χ4n) is 3.58. The Kier molecular flexibility index (Phi) is 6.89. The number of benzene rings is 2. The zero-order valence-electron chi connectivity index (χ0n) is 19.9. The first kappa shape index (κ1) is 24.0. The van der Waals surface area contributed by atoms with E-state index in [4.69, 9.17) is 4.74 Å². The Bertz CT molecular complexity index is 1400. The fourth-order valence-corrected chi connectivity index (χ4v) is 3.58. The van der Waals surface area contributed by atoms with Gasteiger partial charge in [0.1, 0.15) is 5.52 Å². The highest BCUT2D eigenvalue weighted by atomic mass is 16.5. The van der Waals surface area contributed by atoms with Crippen LogP contribution < -0.4 is 0 Å². The second-order valence-electron chi connectivity index (χ2n) is 8.86. The molecule has 0 fully saturated rings. The van der Waals surface area contributed by atoms with Gasteiger partial charge in [0.2, 0.25) is 5.78 Å². The van der Waals surface area contributed by atoms with Crippen LogP contribution in [-0.4, -0.2) is 37.0 Å². The molecular formula is C28H27N3O4. The Morgan fingerprint density at radius 3 is 2.63 bits per heavy atom. The SMILES string of the molecule is Cc1ccc(C(=O)c2nc3cnccc3n2CC=Cc2cccc(COC(C)(C)C(=O)O)c2)cc1. The van der Waals surface area contributed by atoms with Crippen LogP contribution >= 0.6 is 0 Å². The topological polar surface area (TPSA) is 94.3 Å². The maximum absolute atomic E-state index is 13.2. The summed E-state index contributed by atoms with van der Waals surface area (Å²) >= 11 is 0. The molecule has 4 aromatic rings. The monoisotopic (exact) mass is 469 g/mol. The maximum Gasteiger partial charge on any atom is 0.335 e. The molecule has 0 radical (unpaired) electrons. The molecule has 0 aliphatic carbocycles. The molecule has 0 aliphatic heterocycles. The van der Waals surface area contributed by atoms with E-state index in [0.29, 0.717) is 23.4 Å². The van der Waals surface area contributed by atoms with Crippen molar-refractivity contribution in [1.82, 2.24) is 14.5 Å². The molecule has 1 N–H and O–H groups in total. The number of aryl methyl sites for hydroxylation is 1. The van der Waals surface area contributed by atoms with Crippen molar-refractivity contribution < 1.29 is 19.4 Å². The third-order valence-electron chi connectivity index (χ3n) is 5.73. The summed E-state index contributed by atoms with van der Waals surface area (Å²) in [5, 5.41) is 9.23. The number of hydrogen-bond donors (Lipinski definition) is 1. The maximum atomic E-state index is 13.2.